The number of hydrogen-bond acceptors (Lipinski definition) is 8. The van der Waals surface area contributed by atoms with E-state index < -0.39 is 17.2 Å². The third-order valence-corrected chi connectivity index (χ3v) is 7.17. The largest absolute Gasteiger partial charge is 0.481 e. The molecule has 2 aromatic heterocycles. The molecule has 2 amide bonds. The van der Waals surface area contributed by atoms with E-state index in [4.69, 9.17) is 4.74 Å². The van der Waals surface area contributed by atoms with Crippen molar-refractivity contribution in [2.75, 3.05) is 19.0 Å². The first-order valence-electron chi connectivity index (χ1n) is 13.4. The first-order chi connectivity index (χ1) is 20.3. The van der Waals surface area contributed by atoms with Crippen molar-refractivity contribution in [2.24, 2.45) is 14.1 Å². The zero-order valence-corrected chi connectivity index (χ0v) is 23.5. The second kappa shape index (κ2) is 12.2. The molecule has 12 nitrogen and oxygen atoms in total. The number of aromatic nitrogens is 4. The summed E-state index contributed by atoms with van der Waals surface area (Å²) in [6.45, 7) is 0.963. The number of nitrogens with zero attached hydrogens (tertiary/aromatic N) is 4. The highest BCUT2D eigenvalue weighted by Gasteiger charge is 2.25. The molecule has 1 aliphatic heterocycles. The monoisotopic (exact) mass is 569 g/mol. The number of nitrogens with one attached hydrogen (secondary N) is 3. The predicted molar refractivity (Wildman–Crippen MR) is 157 cm³/mol. The molecule has 3 heterocycles. The van der Waals surface area contributed by atoms with Crippen LogP contribution in [0.4, 0.5) is 5.95 Å². The average molecular weight is 570 g/mol. The smallest absolute Gasteiger partial charge is 0.330 e. The number of hydrogen-bond donors (Lipinski definition) is 3. The van der Waals surface area contributed by atoms with Crippen LogP contribution in [0.3, 0.4) is 0 Å². The number of ether oxygens (including phenoxy) is 1. The summed E-state index contributed by atoms with van der Waals surface area (Å²) in [6.07, 6.45) is 2.81. The SMILES string of the molecule is COc1nc(NC(=O)c2c(-c3cccc(-c4ccccc4)c3)n(C)c(=O)n(C)c2=O)ncc1CNCC1CCC(=O)N1. The minimum absolute atomic E-state index is 0.0446. The quantitative estimate of drug-likeness (QED) is 0.277. The molecule has 4 aromatic rings. The summed E-state index contributed by atoms with van der Waals surface area (Å²) < 4.78 is 7.59. The van der Waals surface area contributed by atoms with Crippen LogP contribution in [0.2, 0.25) is 0 Å². The molecule has 3 N–H and O–H groups in total. The Bertz CT molecular complexity index is 1760. The maximum Gasteiger partial charge on any atom is 0.330 e. The summed E-state index contributed by atoms with van der Waals surface area (Å²) in [6, 6.07) is 17.0. The fourth-order valence-electron chi connectivity index (χ4n) is 4.99. The second-order valence-corrected chi connectivity index (χ2v) is 9.99. The molecule has 0 aliphatic carbocycles. The van der Waals surface area contributed by atoms with Gasteiger partial charge in [0.2, 0.25) is 17.7 Å². The summed E-state index contributed by atoms with van der Waals surface area (Å²) in [5, 5.41) is 8.75. The second-order valence-electron chi connectivity index (χ2n) is 9.99. The van der Waals surface area contributed by atoms with Gasteiger partial charge >= 0.3 is 5.69 Å². The van der Waals surface area contributed by atoms with E-state index in [-0.39, 0.29) is 35.0 Å². The van der Waals surface area contributed by atoms with Gasteiger partial charge in [-0.3, -0.25) is 28.8 Å². The molecule has 0 saturated carbocycles. The summed E-state index contributed by atoms with van der Waals surface area (Å²) in [5.41, 5.74) is 1.61. The number of rotatable bonds is 9. The zero-order valence-electron chi connectivity index (χ0n) is 23.5. The predicted octanol–water partition coefficient (Wildman–Crippen LogP) is 1.84. The van der Waals surface area contributed by atoms with Crippen LogP contribution in [0.1, 0.15) is 28.8 Å². The molecular weight excluding hydrogens is 538 g/mol. The van der Waals surface area contributed by atoms with Crippen LogP contribution in [0, 0.1) is 0 Å². The Morgan fingerprint density at radius 2 is 1.76 bits per heavy atom. The van der Waals surface area contributed by atoms with Gasteiger partial charge in [-0.1, -0.05) is 48.5 Å². The first kappa shape index (κ1) is 28.4. The van der Waals surface area contributed by atoms with Crippen LogP contribution < -0.4 is 31.9 Å². The van der Waals surface area contributed by atoms with Gasteiger partial charge in [0.15, 0.2) is 0 Å². The van der Waals surface area contributed by atoms with E-state index in [2.05, 4.69) is 25.9 Å². The number of anilines is 1. The summed E-state index contributed by atoms with van der Waals surface area (Å²) in [5.74, 6) is -0.546. The van der Waals surface area contributed by atoms with Gasteiger partial charge in [-0.15, -0.1) is 0 Å². The van der Waals surface area contributed by atoms with Crippen molar-refractivity contribution >= 4 is 17.8 Å². The Kier molecular flexibility index (Phi) is 8.25. The van der Waals surface area contributed by atoms with E-state index in [0.29, 0.717) is 30.6 Å². The molecule has 2 aromatic carbocycles. The average Bonchev–Trinajstić information content (AvgIpc) is 3.43. The maximum atomic E-state index is 13.6. The maximum absolute atomic E-state index is 13.6. The Hall–Kier alpha value is -5.10. The lowest BCUT2D eigenvalue weighted by Crippen LogP contribution is -2.42. The van der Waals surface area contributed by atoms with Gasteiger partial charge in [0.1, 0.15) is 5.56 Å². The van der Waals surface area contributed by atoms with E-state index in [1.165, 1.54) is 32.0 Å². The molecule has 0 spiro atoms. The molecule has 1 fully saturated rings. The van der Waals surface area contributed by atoms with Gasteiger partial charge in [0, 0.05) is 51.4 Å². The highest BCUT2D eigenvalue weighted by atomic mass is 16.5. The fraction of sp³-hybridized carbons (Fsp3) is 0.267. The zero-order chi connectivity index (χ0) is 29.8. The van der Waals surface area contributed by atoms with Crippen LogP contribution in [0.15, 0.2) is 70.4 Å². The molecule has 1 aliphatic rings. The fourth-order valence-corrected chi connectivity index (χ4v) is 4.99. The van der Waals surface area contributed by atoms with Crippen LogP contribution in [-0.2, 0) is 25.4 Å². The van der Waals surface area contributed by atoms with Crippen LogP contribution in [0.5, 0.6) is 5.88 Å². The minimum atomic E-state index is -0.767. The molecule has 216 valence electrons. The lowest BCUT2D eigenvalue weighted by Gasteiger charge is -2.16. The van der Waals surface area contributed by atoms with Crippen molar-refractivity contribution < 1.29 is 14.3 Å². The van der Waals surface area contributed by atoms with Crippen LogP contribution in [0.25, 0.3) is 22.4 Å². The van der Waals surface area contributed by atoms with Gasteiger partial charge in [0.05, 0.1) is 12.8 Å². The number of carbonyl (C=O) groups excluding carboxylic acids is 2. The summed E-state index contributed by atoms with van der Waals surface area (Å²) >= 11 is 0. The molecule has 12 heteroatoms. The van der Waals surface area contributed by atoms with E-state index in [9.17, 15) is 19.2 Å². The van der Waals surface area contributed by atoms with Crippen LogP contribution >= 0.6 is 0 Å². The summed E-state index contributed by atoms with van der Waals surface area (Å²) in [4.78, 5) is 59.8. The molecule has 0 radical (unpaired) electrons. The Morgan fingerprint density at radius 3 is 2.48 bits per heavy atom. The number of amides is 2. The highest BCUT2D eigenvalue weighted by Crippen LogP contribution is 2.27. The Balaban J connectivity index is 1.44. The van der Waals surface area contributed by atoms with Crippen LogP contribution in [-0.4, -0.2) is 50.6 Å². The van der Waals surface area contributed by atoms with E-state index >= 15 is 0 Å². The number of benzene rings is 2. The summed E-state index contributed by atoms with van der Waals surface area (Å²) in [7, 11) is 4.29. The molecule has 1 unspecified atom stereocenters. The van der Waals surface area contributed by atoms with Crippen molar-refractivity contribution in [3.63, 3.8) is 0 Å². The van der Waals surface area contributed by atoms with Crippen molar-refractivity contribution in [2.45, 2.75) is 25.4 Å². The van der Waals surface area contributed by atoms with E-state index in [1.807, 2.05) is 48.5 Å². The van der Waals surface area contributed by atoms with Gasteiger partial charge in [0.25, 0.3) is 11.5 Å². The van der Waals surface area contributed by atoms with Crippen molar-refractivity contribution in [1.29, 1.82) is 0 Å². The first-order valence-corrected chi connectivity index (χ1v) is 13.4. The third-order valence-electron chi connectivity index (χ3n) is 7.17. The van der Waals surface area contributed by atoms with Crippen molar-refractivity contribution in [1.82, 2.24) is 29.7 Å². The lowest BCUT2D eigenvalue weighted by molar-refractivity contribution is -0.119. The highest BCUT2D eigenvalue weighted by molar-refractivity contribution is 6.07. The molecule has 42 heavy (non-hydrogen) atoms. The van der Waals surface area contributed by atoms with E-state index in [0.717, 1.165) is 22.1 Å². The Labute approximate surface area is 241 Å². The third kappa shape index (κ3) is 5.84. The molecule has 1 atom stereocenters. The van der Waals surface area contributed by atoms with E-state index in [1.54, 1.807) is 6.07 Å². The van der Waals surface area contributed by atoms with Gasteiger partial charge in [-0.25, -0.2) is 9.78 Å². The molecule has 1 saturated heterocycles. The van der Waals surface area contributed by atoms with Crippen molar-refractivity contribution in [3.05, 3.63) is 92.8 Å². The topological polar surface area (TPSA) is 149 Å². The van der Waals surface area contributed by atoms with Gasteiger partial charge in [-0.2, -0.15) is 4.98 Å². The normalized spacial score (nSPS) is 14.5. The number of methoxy groups -OCH3 is 1. The van der Waals surface area contributed by atoms with Crippen molar-refractivity contribution in [3.8, 4) is 28.3 Å². The molecular formula is C30H31N7O5. The van der Waals surface area contributed by atoms with Gasteiger partial charge in [-0.05, 0) is 29.2 Å². The molecule has 0 bridgehead atoms. The lowest BCUT2D eigenvalue weighted by atomic mass is 9.99. The number of carbonyl (C=O) groups is 2. The molecule has 5 rings (SSSR count). The Morgan fingerprint density at radius 1 is 1.02 bits per heavy atom. The standard InChI is InChI=1S/C30H31N7O5/c1-36-25(20-11-7-10-19(14-20)18-8-5-4-6-9-18)24(28(40)37(2)30(36)41)26(39)34-29-32-16-21(27(35-29)42-3)15-31-17-22-12-13-23(38)33-22/h4-11,14,16,22,31H,12-13,15,17H2,1-3H3,(H,33,38)(H,32,34,35,39). The minimum Gasteiger partial charge on any atom is -0.481 e. The van der Waals surface area contributed by atoms with Gasteiger partial charge < -0.3 is 15.4 Å².